The third-order valence-corrected chi connectivity index (χ3v) is 9.68. The van der Waals surface area contributed by atoms with Crippen LogP contribution in [0.25, 0.3) is 0 Å². The van der Waals surface area contributed by atoms with Gasteiger partial charge in [0, 0.05) is 23.0 Å². The molecule has 1 aliphatic carbocycles. The molecule has 1 aliphatic heterocycles. The molecule has 0 saturated heterocycles. The highest BCUT2D eigenvalue weighted by Gasteiger charge is 2.54. The number of halogens is 1. The standard InChI is InChI=1S/C21H22ClNO5S2/c22-16-3-5-17(6-4-16)30(26,27)21(9-1-2-10-21)20(25)28-14-19(24)23-11-7-18-15(13-23)8-12-29-18/h3-6,8,12H,1-2,7,9-11,13-14H2. The number of benzene rings is 1. The van der Waals surface area contributed by atoms with E-state index in [2.05, 4.69) is 0 Å². The van der Waals surface area contributed by atoms with Crippen LogP contribution >= 0.6 is 22.9 Å². The predicted octanol–water partition coefficient (Wildman–Crippen LogP) is 3.62. The van der Waals surface area contributed by atoms with Gasteiger partial charge in [-0.2, -0.15) is 0 Å². The highest BCUT2D eigenvalue weighted by Crippen LogP contribution is 2.41. The molecule has 2 aromatic rings. The van der Waals surface area contributed by atoms with Gasteiger partial charge in [-0.3, -0.25) is 9.59 Å². The highest BCUT2D eigenvalue weighted by molar-refractivity contribution is 7.93. The van der Waals surface area contributed by atoms with Crippen LogP contribution in [0.1, 0.15) is 36.1 Å². The molecule has 9 heteroatoms. The molecule has 0 N–H and O–H groups in total. The fraction of sp³-hybridized carbons (Fsp3) is 0.429. The van der Waals surface area contributed by atoms with Crippen molar-refractivity contribution in [2.75, 3.05) is 13.2 Å². The molecule has 1 saturated carbocycles. The number of thiophene rings is 1. The number of hydrogen-bond acceptors (Lipinski definition) is 6. The fourth-order valence-electron chi connectivity index (χ4n) is 4.18. The number of rotatable bonds is 5. The molecular formula is C21H22ClNO5S2. The van der Waals surface area contributed by atoms with E-state index in [1.165, 1.54) is 29.1 Å². The van der Waals surface area contributed by atoms with E-state index < -0.39 is 27.2 Å². The number of carbonyl (C=O) groups excluding carboxylic acids is 2. The molecule has 0 bridgehead atoms. The van der Waals surface area contributed by atoms with Gasteiger partial charge in [-0.05, 0) is 60.5 Å². The molecule has 0 radical (unpaired) electrons. The lowest BCUT2D eigenvalue weighted by Gasteiger charge is -2.29. The first-order chi connectivity index (χ1) is 14.3. The fourth-order valence-corrected chi connectivity index (χ4v) is 7.25. The Labute approximate surface area is 184 Å². The zero-order chi connectivity index (χ0) is 21.4. The van der Waals surface area contributed by atoms with Crippen LogP contribution in [-0.2, 0) is 37.1 Å². The van der Waals surface area contributed by atoms with Crippen LogP contribution in [0.4, 0.5) is 0 Å². The minimum absolute atomic E-state index is 0.0399. The molecular weight excluding hydrogens is 446 g/mol. The van der Waals surface area contributed by atoms with Crippen molar-refractivity contribution < 1.29 is 22.7 Å². The van der Waals surface area contributed by atoms with Gasteiger partial charge in [-0.25, -0.2) is 8.42 Å². The second-order valence-corrected chi connectivity index (χ2v) is 11.4. The first-order valence-corrected chi connectivity index (χ1v) is 12.6. The summed E-state index contributed by atoms with van der Waals surface area (Å²) in [6.07, 6.45) is 2.38. The zero-order valence-corrected chi connectivity index (χ0v) is 18.7. The van der Waals surface area contributed by atoms with Crippen LogP contribution in [0.2, 0.25) is 5.02 Å². The lowest BCUT2D eigenvalue weighted by Crippen LogP contribution is -2.47. The number of nitrogens with zero attached hydrogens (tertiary/aromatic N) is 1. The third kappa shape index (κ3) is 3.76. The molecule has 1 amide bonds. The molecule has 1 aromatic carbocycles. The second kappa shape index (κ2) is 8.32. The lowest BCUT2D eigenvalue weighted by molar-refractivity contribution is -0.154. The molecule has 30 heavy (non-hydrogen) atoms. The Bertz CT molecular complexity index is 1060. The van der Waals surface area contributed by atoms with Gasteiger partial charge < -0.3 is 9.64 Å². The minimum Gasteiger partial charge on any atom is -0.454 e. The van der Waals surface area contributed by atoms with E-state index in [1.54, 1.807) is 16.2 Å². The molecule has 2 heterocycles. The van der Waals surface area contributed by atoms with Gasteiger partial charge >= 0.3 is 5.97 Å². The van der Waals surface area contributed by atoms with Crippen molar-refractivity contribution in [1.29, 1.82) is 0 Å². The summed E-state index contributed by atoms with van der Waals surface area (Å²) in [5.74, 6) is -1.14. The maximum atomic E-state index is 13.3. The molecule has 6 nitrogen and oxygen atoms in total. The topological polar surface area (TPSA) is 80.8 Å². The van der Waals surface area contributed by atoms with Crippen LogP contribution in [0, 0.1) is 0 Å². The van der Waals surface area contributed by atoms with E-state index in [1.807, 2.05) is 11.4 Å². The Hall–Kier alpha value is -1.90. The number of amides is 1. The monoisotopic (exact) mass is 467 g/mol. The molecule has 1 fully saturated rings. The van der Waals surface area contributed by atoms with Crippen molar-refractivity contribution in [2.24, 2.45) is 0 Å². The molecule has 2 aliphatic rings. The largest absolute Gasteiger partial charge is 0.454 e. The zero-order valence-electron chi connectivity index (χ0n) is 16.3. The summed E-state index contributed by atoms with van der Waals surface area (Å²) in [7, 11) is -3.98. The van der Waals surface area contributed by atoms with Crippen molar-refractivity contribution in [3.63, 3.8) is 0 Å². The molecule has 160 valence electrons. The van der Waals surface area contributed by atoms with E-state index in [0.29, 0.717) is 31.0 Å². The third-order valence-electron chi connectivity index (χ3n) is 5.91. The molecule has 0 unspecified atom stereocenters. The predicted molar refractivity (Wildman–Crippen MR) is 114 cm³/mol. The smallest absolute Gasteiger partial charge is 0.328 e. The summed E-state index contributed by atoms with van der Waals surface area (Å²) in [5.41, 5.74) is 1.11. The van der Waals surface area contributed by atoms with Gasteiger partial charge in [-0.15, -0.1) is 11.3 Å². The normalized spacial score (nSPS) is 18.1. The average molecular weight is 468 g/mol. The molecule has 0 spiro atoms. The number of hydrogen-bond donors (Lipinski definition) is 0. The maximum Gasteiger partial charge on any atom is 0.328 e. The lowest BCUT2D eigenvalue weighted by atomic mass is 10.1. The first kappa shape index (κ1) is 21.3. The number of ether oxygens (including phenoxy) is 1. The summed E-state index contributed by atoms with van der Waals surface area (Å²) >= 11 is 7.55. The summed E-state index contributed by atoms with van der Waals surface area (Å²) < 4.78 is 30.3. The van der Waals surface area contributed by atoms with Gasteiger partial charge in [0.25, 0.3) is 5.91 Å². The van der Waals surface area contributed by atoms with Crippen LogP contribution in [0.3, 0.4) is 0 Å². The van der Waals surface area contributed by atoms with E-state index in [-0.39, 0.29) is 23.6 Å². The number of fused-ring (bicyclic) bond motifs is 1. The van der Waals surface area contributed by atoms with Crippen LogP contribution in [0.15, 0.2) is 40.6 Å². The van der Waals surface area contributed by atoms with Gasteiger partial charge in [0.1, 0.15) is 0 Å². The van der Waals surface area contributed by atoms with E-state index in [9.17, 15) is 18.0 Å². The van der Waals surface area contributed by atoms with Crippen LogP contribution < -0.4 is 0 Å². The quantitative estimate of drug-likeness (QED) is 0.627. The number of esters is 1. The SMILES string of the molecule is O=C(COC(=O)C1(S(=O)(=O)c2ccc(Cl)cc2)CCCC1)N1CCc2sccc2C1. The van der Waals surface area contributed by atoms with Crippen LogP contribution in [-0.4, -0.2) is 43.1 Å². The number of sulfone groups is 1. The minimum atomic E-state index is -3.98. The van der Waals surface area contributed by atoms with Gasteiger partial charge in [0.15, 0.2) is 21.2 Å². The van der Waals surface area contributed by atoms with E-state index >= 15 is 0 Å². The van der Waals surface area contributed by atoms with Crippen LogP contribution in [0.5, 0.6) is 0 Å². The van der Waals surface area contributed by atoms with Crippen molar-refractivity contribution in [3.05, 3.63) is 51.2 Å². The van der Waals surface area contributed by atoms with Crippen molar-refractivity contribution in [3.8, 4) is 0 Å². The Morgan fingerprint density at radius 2 is 1.83 bits per heavy atom. The summed E-state index contributed by atoms with van der Waals surface area (Å²) in [6, 6.07) is 7.78. The first-order valence-electron chi connectivity index (χ1n) is 9.84. The summed E-state index contributed by atoms with van der Waals surface area (Å²) in [4.78, 5) is 28.6. The summed E-state index contributed by atoms with van der Waals surface area (Å²) in [5, 5.41) is 2.42. The molecule has 1 aromatic heterocycles. The maximum absolute atomic E-state index is 13.3. The number of carbonyl (C=O) groups is 2. The highest BCUT2D eigenvalue weighted by atomic mass is 35.5. The Kier molecular flexibility index (Phi) is 5.92. The summed E-state index contributed by atoms with van der Waals surface area (Å²) in [6.45, 7) is 0.609. The van der Waals surface area contributed by atoms with Crippen molar-refractivity contribution in [1.82, 2.24) is 4.90 Å². The average Bonchev–Trinajstić information content (AvgIpc) is 3.41. The second-order valence-electron chi connectivity index (χ2n) is 7.67. The Morgan fingerprint density at radius 3 is 2.53 bits per heavy atom. The van der Waals surface area contributed by atoms with E-state index in [0.717, 1.165) is 12.0 Å². The van der Waals surface area contributed by atoms with Gasteiger partial charge in [0.2, 0.25) is 0 Å². The van der Waals surface area contributed by atoms with Crippen molar-refractivity contribution in [2.45, 2.75) is 48.3 Å². The van der Waals surface area contributed by atoms with Gasteiger partial charge in [0.05, 0.1) is 4.90 Å². The molecule has 4 rings (SSSR count). The van der Waals surface area contributed by atoms with Crippen molar-refractivity contribution >= 4 is 44.7 Å². The molecule has 0 atom stereocenters. The Morgan fingerprint density at radius 1 is 1.13 bits per heavy atom. The Balaban J connectivity index is 1.48. The van der Waals surface area contributed by atoms with Gasteiger partial charge in [-0.1, -0.05) is 24.4 Å². The van der Waals surface area contributed by atoms with E-state index in [4.69, 9.17) is 16.3 Å².